The molecule has 1 N–H and O–H groups in total. The summed E-state index contributed by atoms with van der Waals surface area (Å²) < 4.78 is 11.1. The van der Waals surface area contributed by atoms with Gasteiger partial charge in [0, 0.05) is 18.5 Å². The number of nitrogens with zero attached hydrogens (tertiary/aromatic N) is 1. The number of carbonyl (C=O) groups excluding carboxylic acids is 2. The molecule has 1 aliphatic carbocycles. The van der Waals surface area contributed by atoms with Crippen molar-refractivity contribution in [2.45, 2.75) is 65.0 Å². The molecule has 1 aliphatic heterocycles. The molecule has 0 radical (unpaired) electrons. The summed E-state index contributed by atoms with van der Waals surface area (Å²) in [6.07, 6.45) is 5.72. The minimum atomic E-state index is -0.465. The number of amides is 2. The van der Waals surface area contributed by atoms with Gasteiger partial charge in [0.25, 0.3) is 5.91 Å². The third-order valence-electron chi connectivity index (χ3n) is 5.85. The Hall–Kier alpha value is -2.50. The van der Waals surface area contributed by atoms with Crippen molar-refractivity contribution in [3.63, 3.8) is 0 Å². The van der Waals surface area contributed by atoms with E-state index in [2.05, 4.69) is 19.2 Å². The van der Waals surface area contributed by atoms with Crippen LogP contribution in [-0.2, 0) is 11.2 Å². The van der Waals surface area contributed by atoms with Crippen LogP contribution >= 0.6 is 0 Å². The van der Waals surface area contributed by atoms with E-state index in [0.29, 0.717) is 13.0 Å². The number of aryl methyl sites for hydroxylation is 1. The Kier molecular flexibility index (Phi) is 4.81. The fourth-order valence-corrected chi connectivity index (χ4v) is 4.57. The highest BCUT2D eigenvalue weighted by atomic mass is 16.3. The number of fused-ring (bicyclic) bond motifs is 1. The summed E-state index contributed by atoms with van der Waals surface area (Å²) in [4.78, 5) is 27.7. The average Bonchev–Trinajstić information content (AvgIpc) is 3.29. The topological polar surface area (TPSA) is 75.7 Å². The number of furan rings is 2. The molecular weight excluding hydrogens is 356 g/mol. The van der Waals surface area contributed by atoms with Crippen molar-refractivity contribution in [3.8, 4) is 0 Å². The Balaban J connectivity index is 1.54. The molecule has 1 fully saturated rings. The molecule has 28 heavy (non-hydrogen) atoms. The second-order valence-electron chi connectivity index (χ2n) is 8.83. The Bertz CT molecular complexity index is 865. The zero-order valence-electron chi connectivity index (χ0n) is 16.8. The van der Waals surface area contributed by atoms with Crippen LogP contribution < -0.4 is 5.32 Å². The van der Waals surface area contributed by atoms with Crippen molar-refractivity contribution in [2.75, 3.05) is 6.54 Å². The van der Waals surface area contributed by atoms with Crippen LogP contribution in [0.2, 0.25) is 0 Å². The van der Waals surface area contributed by atoms with Gasteiger partial charge in [0.05, 0.1) is 12.3 Å². The van der Waals surface area contributed by atoms with E-state index in [0.717, 1.165) is 42.8 Å². The second-order valence-corrected chi connectivity index (χ2v) is 8.83. The lowest BCUT2D eigenvalue weighted by molar-refractivity contribution is -0.127. The molecule has 0 saturated carbocycles. The smallest absolute Gasteiger partial charge is 0.290 e. The Morgan fingerprint density at radius 2 is 2.11 bits per heavy atom. The van der Waals surface area contributed by atoms with Crippen LogP contribution in [0.3, 0.4) is 0 Å². The van der Waals surface area contributed by atoms with Crippen LogP contribution in [0.25, 0.3) is 0 Å². The zero-order chi connectivity index (χ0) is 19.9. The van der Waals surface area contributed by atoms with Gasteiger partial charge in [0.1, 0.15) is 17.6 Å². The summed E-state index contributed by atoms with van der Waals surface area (Å²) in [5.74, 6) is 1.81. The van der Waals surface area contributed by atoms with Crippen LogP contribution in [0.5, 0.6) is 0 Å². The third-order valence-corrected chi connectivity index (χ3v) is 5.85. The van der Waals surface area contributed by atoms with Crippen molar-refractivity contribution in [3.05, 3.63) is 47.3 Å². The summed E-state index contributed by atoms with van der Waals surface area (Å²) in [5, 5.41) is 3.22. The maximum atomic E-state index is 13.2. The van der Waals surface area contributed by atoms with Gasteiger partial charge in [-0.25, -0.2) is 0 Å². The predicted octanol–water partition coefficient (Wildman–Crippen LogP) is 4.01. The van der Waals surface area contributed by atoms with E-state index in [9.17, 15) is 9.59 Å². The fraction of sp³-hybridized carbons (Fsp3) is 0.545. The first-order chi connectivity index (χ1) is 13.3. The molecule has 2 aliphatic rings. The Morgan fingerprint density at radius 3 is 2.86 bits per heavy atom. The summed E-state index contributed by atoms with van der Waals surface area (Å²) >= 11 is 0. The lowest BCUT2D eigenvalue weighted by atomic mass is 9.74. The minimum Gasteiger partial charge on any atom is -0.466 e. The average molecular weight is 384 g/mol. The molecule has 1 saturated heterocycles. The van der Waals surface area contributed by atoms with Crippen LogP contribution in [0.1, 0.15) is 73.2 Å². The maximum absolute atomic E-state index is 13.2. The third kappa shape index (κ3) is 3.60. The number of likely N-dealkylation sites (tertiary alicyclic amines) is 1. The van der Waals surface area contributed by atoms with Gasteiger partial charge in [-0.05, 0) is 56.2 Å². The van der Waals surface area contributed by atoms with Gasteiger partial charge < -0.3 is 19.1 Å². The van der Waals surface area contributed by atoms with Gasteiger partial charge >= 0.3 is 0 Å². The molecule has 6 heteroatoms. The Morgan fingerprint density at radius 1 is 1.29 bits per heavy atom. The van der Waals surface area contributed by atoms with Gasteiger partial charge in [-0.1, -0.05) is 13.8 Å². The molecule has 0 aromatic carbocycles. The quantitative estimate of drug-likeness (QED) is 0.868. The Labute approximate surface area is 165 Å². The van der Waals surface area contributed by atoms with E-state index in [1.54, 1.807) is 17.0 Å². The van der Waals surface area contributed by atoms with Crippen LogP contribution in [0.15, 0.2) is 33.3 Å². The van der Waals surface area contributed by atoms with Crippen molar-refractivity contribution >= 4 is 11.8 Å². The van der Waals surface area contributed by atoms with Gasteiger partial charge in [-0.3, -0.25) is 9.59 Å². The molecule has 2 aromatic heterocycles. The van der Waals surface area contributed by atoms with Gasteiger partial charge in [-0.15, -0.1) is 0 Å². The summed E-state index contributed by atoms with van der Waals surface area (Å²) in [5.41, 5.74) is 1.12. The molecule has 150 valence electrons. The number of nitrogens with one attached hydrogen (secondary N) is 1. The first kappa shape index (κ1) is 18.8. The monoisotopic (exact) mass is 384 g/mol. The predicted molar refractivity (Wildman–Crippen MR) is 104 cm³/mol. The number of carbonyl (C=O) groups is 2. The fourth-order valence-electron chi connectivity index (χ4n) is 4.57. The summed E-state index contributed by atoms with van der Waals surface area (Å²) in [6.45, 7) is 6.90. The molecule has 6 nitrogen and oxygen atoms in total. The highest BCUT2D eigenvalue weighted by Crippen LogP contribution is 2.42. The molecule has 0 bridgehead atoms. The first-order valence-electron chi connectivity index (χ1n) is 10.1. The molecule has 2 unspecified atom stereocenters. The minimum absolute atomic E-state index is 0.0471. The maximum Gasteiger partial charge on any atom is 0.290 e. The van der Waals surface area contributed by atoms with Crippen molar-refractivity contribution in [1.82, 2.24) is 10.2 Å². The first-order valence-corrected chi connectivity index (χ1v) is 10.1. The molecule has 2 amide bonds. The number of rotatable bonds is 3. The van der Waals surface area contributed by atoms with Crippen molar-refractivity contribution in [2.24, 2.45) is 5.41 Å². The molecule has 3 heterocycles. The number of hydrogen-bond donors (Lipinski definition) is 1. The van der Waals surface area contributed by atoms with E-state index in [1.807, 2.05) is 13.0 Å². The van der Waals surface area contributed by atoms with E-state index in [4.69, 9.17) is 8.83 Å². The van der Waals surface area contributed by atoms with Crippen molar-refractivity contribution < 1.29 is 18.4 Å². The van der Waals surface area contributed by atoms with Crippen molar-refractivity contribution in [1.29, 1.82) is 0 Å². The summed E-state index contributed by atoms with van der Waals surface area (Å²) in [7, 11) is 0. The SMILES string of the molecule is Cc1cc2c(o1)CC(C)(C)CC2NC(=O)C1CCCCN1C(=O)c1ccco1. The largest absolute Gasteiger partial charge is 0.466 e. The lowest BCUT2D eigenvalue weighted by Crippen LogP contribution is -2.53. The molecular formula is C22H28N2O4. The normalized spacial score (nSPS) is 23.9. The highest BCUT2D eigenvalue weighted by Gasteiger charge is 2.39. The van der Waals surface area contributed by atoms with Crippen LogP contribution in [0.4, 0.5) is 0 Å². The van der Waals surface area contributed by atoms with E-state index >= 15 is 0 Å². The van der Waals surface area contributed by atoms with Crippen LogP contribution in [-0.4, -0.2) is 29.3 Å². The highest BCUT2D eigenvalue weighted by molar-refractivity contribution is 5.95. The van der Waals surface area contributed by atoms with E-state index in [1.165, 1.54) is 6.26 Å². The number of hydrogen-bond acceptors (Lipinski definition) is 4. The lowest BCUT2D eigenvalue weighted by Gasteiger charge is -2.38. The van der Waals surface area contributed by atoms with Gasteiger partial charge in [0.15, 0.2) is 5.76 Å². The van der Waals surface area contributed by atoms with E-state index in [-0.39, 0.29) is 29.0 Å². The summed E-state index contributed by atoms with van der Waals surface area (Å²) in [6, 6.07) is 4.82. The standard InChI is InChI=1S/C22H28N2O4/c1-14-11-15-16(12-22(2,3)13-19(15)28-14)23-20(25)17-7-4-5-9-24(17)21(26)18-8-6-10-27-18/h6,8,10-11,16-17H,4-5,7,9,12-13H2,1-3H3,(H,23,25). The molecule has 4 rings (SSSR count). The van der Waals surface area contributed by atoms with Gasteiger partial charge in [-0.2, -0.15) is 0 Å². The molecule has 2 atom stereocenters. The second kappa shape index (κ2) is 7.15. The number of piperidine rings is 1. The molecule has 0 spiro atoms. The zero-order valence-corrected chi connectivity index (χ0v) is 16.8. The molecule has 2 aromatic rings. The van der Waals surface area contributed by atoms with Crippen LogP contribution in [0, 0.1) is 12.3 Å². The van der Waals surface area contributed by atoms with Gasteiger partial charge in [0.2, 0.25) is 5.91 Å². The van der Waals surface area contributed by atoms with E-state index < -0.39 is 6.04 Å².